The van der Waals surface area contributed by atoms with Gasteiger partial charge in [0, 0.05) is 6.42 Å². The molecule has 1 aliphatic carbocycles. The zero-order chi connectivity index (χ0) is 11.4. The molecule has 0 saturated heterocycles. The number of hydrogen-bond acceptors (Lipinski definition) is 2. The minimum Gasteiger partial charge on any atom is -0.493 e. The number of benzene rings is 1. The van der Waals surface area contributed by atoms with Gasteiger partial charge in [0.2, 0.25) is 0 Å². The summed E-state index contributed by atoms with van der Waals surface area (Å²) in [5.74, 6) is 1.50. The van der Waals surface area contributed by atoms with E-state index in [0.29, 0.717) is 0 Å². The summed E-state index contributed by atoms with van der Waals surface area (Å²) in [6, 6.07) is 7.66. The van der Waals surface area contributed by atoms with E-state index >= 15 is 0 Å². The molecule has 1 aromatic carbocycles. The molecule has 2 rings (SSSR count). The summed E-state index contributed by atoms with van der Waals surface area (Å²) in [6.45, 7) is 2.01. The van der Waals surface area contributed by atoms with Crippen LogP contribution in [0.4, 0.5) is 0 Å². The summed E-state index contributed by atoms with van der Waals surface area (Å²) in [7, 11) is 1.64. The monoisotopic (exact) mass is 215 g/mol. The number of rotatable bonds is 3. The van der Waals surface area contributed by atoms with E-state index < -0.39 is 5.60 Å². The third kappa shape index (κ3) is 2.27. The molecule has 0 saturated carbocycles. The first kappa shape index (κ1) is 10.8. The molecular formula is C14H15O2. The van der Waals surface area contributed by atoms with E-state index in [1.807, 2.05) is 61.9 Å². The van der Waals surface area contributed by atoms with Gasteiger partial charge >= 0.3 is 0 Å². The smallest absolute Gasteiger partial charge is 0.162 e. The lowest BCUT2D eigenvalue weighted by molar-refractivity contribution is 0.171. The fourth-order valence-corrected chi connectivity index (χ4v) is 1.62. The third-order valence-corrected chi connectivity index (χ3v) is 2.48. The molecule has 2 nitrogen and oxygen atoms in total. The fourth-order valence-electron chi connectivity index (χ4n) is 1.62. The lowest BCUT2D eigenvalue weighted by atomic mass is 9.97. The SMILES string of the molecule is COc1ccccc1OC1(C)[CH]C=CC=C1. The van der Waals surface area contributed by atoms with Crippen molar-refractivity contribution >= 4 is 0 Å². The van der Waals surface area contributed by atoms with Gasteiger partial charge in [0.15, 0.2) is 11.5 Å². The van der Waals surface area contributed by atoms with Crippen LogP contribution in [0.2, 0.25) is 0 Å². The molecule has 16 heavy (non-hydrogen) atoms. The van der Waals surface area contributed by atoms with Gasteiger partial charge < -0.3 is 9.47 Å². The predicted octanol–water partition coefficient (Wildman–Crippen LogP) is 3.16. The summed E-state index contributed by atoms with van der Waals surface area (Å²) >= 11 is 0. The zero-order valence-corrected chi connectivity index (χ0v) is 9.51. The Balaban J connectivity index is 2.20. The van der Waals surface area contributed by atoms with Crippen LogP contribution >= 0.6 is 0 Å². The van der Waals surface area contributed by atoms with Gasteiger partial charge in [-0.25, -0.2) is 0 Å². The molecule has 0 N–H and O–H groups in total. The highest BCUT2D eigenvalue weighted by molar-refractivity contribution is 5.41. The van der Waals surface area contributed by atoms with E-state index in [4.69, 9.17) is 9.47 Å². The van der Waals surface area contributed by atoms with Crippen LogP contribution in [0.25, 0.3) is 0 Å². The molecule has 2 heteroatoms. The first-order valence-electron chi connectivity index (χ1n) is 5.26. The summed E-state index contributed by atoms with van der Waals surface area (Å²) < 4.78 is 11.2. The number of hydrogen-bond donors (Lipinski definition) is 0. The van der Waals surface area contributed by atoms with Crippen LogP contribution in [0.15, 0.2) is 48.6 Å². The van der Waals surface area contributed by atoms with E-state index in [1.165, 1.54) is 0 Å². The van der Waals surface area contributed by atoms with Crippen LogP contribution in [0.5, 0.6) is 11.5 Å². The molecule has 1 unspecified atom stereocenters. The maximum atomic E-state index is 5.95. The summed E-state index contributed by atoms with van der Waals surface area (Å²) in [4.78, 5) is 0. The third-order valence-electron chi connectivity index (χ3n) is 2.48. The van der Waals surface area contributed by atoms with Crippen molar-refractivity contribution in [2.24, 2.45) is 0 Å². The molecule has 83 valence electrons. The van der Waals surface area contributed by atoms with Gasteiger partial charge in [-0.05, 0) is 25.1 Å². The fraction of sp³-hybridized carbons (Fsp3) is 0.214. The Morgan fingerprint density at radius 2 is 1.75 bits per heavy atom. The summed E-state index contributed by atoms with van der Waals surface area (Å²) in [6.07, 6.45) is 9.97. The number of allylic oxidation sites excluding steroid dienone is 2. The maximum absolute atomic E-state index is 5.95. The molecule has 0 aromatic heterocycles. The molecule has 1 atom stereocenters. The minimum atomic E-state index is -0.399. The second-order valence-corrected chi connectivity index (χ2v) is 3.85. The molecule has 0 spiro atoms. The summed E-state index contributed by atoms with van der Waals surface area (Å²) in [5.41, 5.74) is -0.399. The van der Waals surface area contributed by atoms with Crippen molar-refractivity contribution in [2.45, 2.75) is 12.5 Å². The number of methoxy groups -OCH3 is 1. The standard InChI is InChI=1S/C14H15O2/c1-14(10-6-3-7-11-14)16-13-9-5-4-8-12(13)15-2/h3-11H,1-2H3. The van der Waals surface area contributed by atoms with E-state index in [-0.39, 0.29) is 0 Å². The predicted molar refractivity (Wildman–Crippen MR) is 64.6 cm³/mol. The quantitative estimate of drug-likeness (QED) is 0.771. The molecule has 1 radical (unpaired) electrons. The van der Waals surface area contributed by atoms with E-state index in [1.54, 1.807) is 7.11 Å². The van der Waals surface area contributed by atoms with Crippen molar-refractivity contribution in [2.75, 3.05) is 7.11 Å². The second kappa shape index (κ2) is 4.44. The van der Waals surface area contributed by atoms with Gasteiger partial charge in [-0.15, -0.1) is 0 Å². The Bertz CT molecular complexity index is 420. The van der Waals surface area contributed by atoms with Gasteiger partial charge in [-0.3, -0.25) is 0 Å². The topological polar surface area (TPSA) is 18.5 Å². The Morgan fingerprint density at radius 1 is 1.00 bits per heavy atom. The lowest BCUT2D eigenvalue weighted by Gasteiger charge is -2.28. The van der Waals surface area contributed by atoms with Gasteiger partial charge in [0.1, 0.15) is 5.60 Å². The van der Waals surface area contributed by atoms with Crippen molar-refractivity contribution < 1.29 is 9.47 Å². The Morgan fingerprint density at radius 3 is 2.38 bits per heavy atom. The molecule has 0 fully saturated rings. The Labute approximate surface area is 96.2 Å². The van der Waals surface area contributed by atoms with Crippen molar-refractivity contribution in [1.82, 2.24) is 0 Å². The maximum Gasteiger partial charge on any atom is 0.162 e. The molecule has 1 aromatic rings. The lowest BCUT2D eigenvalue weighted by Crippen LogP contribution is -2.30. The zero-order valence-electron chi connectivity index (χ0n) is 9.51. The highest BCUT2D eigenvalue weighted by Gasteiger charge is 2.24. The van der Waals surface area contributed by atoms with E-state index in [0.717, 1.165) is 11.5 Å². The highest BCUT2D eigenvalue weighted by atomic mass is 16.5. The largest absolute Gasteiger partial charge is 0.493 e. The number of ether oxygens (including phenoxy) is 2. The first-order valence-corrected chi connectivity index (χ1v) is 5.26. The Kier molecular flexibility index (Phi) is 3.00. The van der Waals surface area contributed by atoms with Gasteiger partial charge in [-0.2, -0.15) is 0 Å². The van der Waals surface area contributed by atoms with Crippen LogP contribution in [0, 0.1) is 6.42 Å². The second-order valence-electron chi connectivity index (χ2n) is 3.85. The molecule has 0 bridgehead atoms. The average molecular weight is 215 g/mol. The average Bonchev–Trinajstić information content (AvgIpc) is 2.30. The van der Waals surface area contributed by atoms with Crippen molar-refractivity contribution in [3.63, 3.8) is 0 Å². The first-order chi connectivity index (χ1) is 7.73. The normalized spacial score (nSPS) is 23.1. The van der Waals surface area contributed by atoms with E-state index in [2.05, 4.69) is 0 Å². The molecule has 0 heterocycles. The molecule has 1 aliphatic rings. The van der Waals surface area contributed by atoms with Crippen LogP contribution in [-0.4, -0.2) is 12.7 Å². The van der Waals surface area contributed by atoms with Crippen LogP contribution in [0.1, 0.15) is 6.92 Å². The highest BCUT2D eigenvalue weighted by Crippen LogP contribution is 2.31. The van der Waals surface area contributed by atoms with Crippen molar-refractivity contribution in [3.8, 4) is 11.5 Å². The van der Waals surface area contributed by atoms with Crippen LogP contribution in [0.3, 0.4) is 0 Å². The molecule has 0 amide bonds. The molecule has 0 aliphatic heterocycles. The van der Waals surface area contributed by atoms with Crippen LogP contribution in [-0.2, 0) is 0 Å². The van der Waals surface area contributed by atoms with Crippen LogP contribution < -0.4 is 9.47 Å². The minimum absolute atomic E-state index is 0.399. The Hall–Kier alpha value is -1.70. The van der Waals surface area contributed by atoms with Gasteiger partial charge in [0.05, 0.1) is 7.11 Å². The van der Waals surface area contributed by atoms with E-state index in [9.17, 15) is 0 Å². The van der Waals surface area contributed by atoms with Crippen molar-refractivity contribution in [3.05, 3.63) is 55.0 Å². The number of para-hydroxylation sites is 2. The molecular weight excluding hydrogens is 200 g/mol. The van der Waals surface area contributed by atoms with Crippen molar-refractivity contribution in [1.29, 1.82) is 0 Å². The summed E-state index contributed by atoms with van der Waals surface area (Å²) in [5, 5.41) is 0. The van der Waals surface area contributed by atoms with Gasteiger partial charge in [0.25, 0.3) is 0 Å². The van der Waals surface area contributed by atoms with Gasteiger partial charge in [-0.1, -0.05) is 30.4 Å².